The third-order valence-corrected chi connectivity index (χ3v) is 2.44. The number of amides is 1. The first kappa shape index (κ1) is 15.5. The Morgan fingerprint density at radius 3 is 2.63 bits per heavy atom. The molecule has 0 fully saturated rings. The Bertz CT molecular complexity index is 424. The molecule has 1 N–H and O–H groups in total. The van der Waals surface area contributed by atoms with Gasteiger partial charge in [-0.1, -0.05) is 12.1 Å². The zero-order chi connectivity index (χ0) is 14.5. The van der Waals surface area contributed by atoms with E-state index in [4.69, 9.17) is 9.47 Å². The average Bonchev–Trinajstić information content (AvgIpc) is 2.27. The summed E-state index contributed by atoms with van der Waals surface area (Å²) >= 11 is 0. The van der Waals surface area contributed by atoms with Crippen molar-refractivity contribution in [1.82, 2.24) is 5.32 Å². The van der Waals surface area contributed by atoms with Crippen molar-refractivity contribution in [3.8, 4) is 5.75 Å². The van der Waals surface area contributed by atoms with Crippen LogP contribution in [0.15, 0.2) is 24.3 Å². The summed E-state index contributed by atoms with van der Waals surface area (Å²) in [6, 6.07) is 7.68. The van der Waals surface area contributed by atoms with Crippen molar-refractivity contribution in [2.75, 3.05) is 13.7 Å². The van der Waals surface area contributed by atoms with Gasteiger partial charge in [-0.25, -0.2) is 0 Å². The van der Waals surface area contributed by atoms with Crippen LogP contribution in [0.1, 0.15) is 39.3 Å². The minimum absolute atomic E-state index is 0.0719. The number of ether oxygens (including phenoxy) is 2. The topological polar surface area (TPSA) is 47.6 Å². The van der Waals surface area contributed by atoms with E-state index in [1.807, 2.05) is 52.0 Å². The molecule has 19 heavy (non-hydrogen) atoms. The van der Waals surface area contributed by atoms with Crippen LogP contribution >= 0.6 is 0 Å². The summed E-state index contributed by atoms with van der Waals surface area (Å²) in [5.74, 6) is 0.676. The maximum atomic E-state index is 11.5. The predicted molar refractivity (Wildman–Crippen MR) is 75.3 cm³/mol. The van der Waals surface area contributed by atoms with Crippen molar-refractivity contribution >= 4 is 5.91 Å². The average molecular weight is 265 g/mol. The highest BCUT2D eigenvalue weighted by atomic mass is 16.5. The van der Waals surface area contributed by atoms with Gasteiger partial charge in [0.1, 0.15) is 18.0 Å². The van der Waals surface area contributed by atoms with Gasteiger partial charge < -0.3 is 14.8 Å². The number of carbonyl (C=O) groups excluding carboxylic acids is 1. The maximum absolute atomic E-state index is 11.5. The fraction of sp³-hybridized carbons (Fsp3) is 0.533. The van der Waals surface area contributed by atoms with E-state index in [0.717, 1.165) is 11.3 Å². The Hall–Kier alpha value is -1.55. The lowest BCUT2D eigenvalue weighted by atomic mass is 10.1. The molecular weight excluding hydrogens is 242 g/mol. The van der Waals surface area contributed by atoms with E-state index in [1.54, 1.807) is 0 Å². The van der Waals surface area contributed by atoms with Crippen molar-refractivity contribution in [3.63, 3.8) is 0 Å². The van der Waals surface area contributed by atoms with E-state index in [9.17, 15) is 4.79 Å². The molecule has 0 saturated carbocycles. The number of hydrogen-bond donors (Lipinski definition) is 1. The van der Waals surface area contributed by atoms with Crippen LogP contribution < -0.4 is 10.1 Å². The van der Waals surface area contributed by atoms with Crippen molar-refractivity contribution in [2.24, 2.45) is 0 Å². The van der Waals surface area contributed by atoms with E-state index < -0.39 is 0 Å². The lowest BCUT2D eigenvalue weighted by Crippen LogP contribution is -2.29. The Kier molecular flexibility index (Phi) is 5.36. The highest BCUT2D eigenvalue weighted by molar-refractivity contribution is 5.77. The Morgan fingerprint density at radius 1 is 1.37 bits per heavy atom. The van der Waals surface area contributed by atoms with Crippen LogP contribution in [0.4, 0.5) is 0 Å². The van der Waals surface area contributed by atoms with Crippen LogP contribution in [0.25, 0.3) is 0 Å². The molecule has 0 spiro atoms. The van der Waals surface area contributed by atoms with Gasteiger partial charge in [0.25, 0.3) is 0 Å². The third-order valence-electron chi connectivity index (χ3n) is 2.44. The van der Waals surface area contributed by atoms with Gasteiger partial charge >= 0.3 is 0 Å². The molecule has 0 aromatic heterocycles. The van der Waals surface area contributed by atoms with Gasteiger partial charge in [-0.15, -0.1) is 0 Å². The summed E-state index contributed by atoms with van der Waals surface area (Å²) in [4.78, 5) is 11.5. The largest absolute Gasteiger partial charge is 0.488 e. The van der Waals surface area contributed by atoms with Crippen molar-refractivity contribution in [2.45, 2.75) is 39.3 Å². The molecule has 0 aliphatic carbocycles. The quantitative estimate of drug-likeness (QED) is 0.890. The maximum Gasteiger partial charge on any atom is 0.246 e. The lowest BCUT2D eigenvalue weighted by Gasteiger charge is -2.22. The second-order valence-electron chi connectivity index (χ2n) is 5.51. The van der Waals surface area contributed by atoms with Crippen LogP contribution in [-0.4, -0.2) is 25.2 Å². The summed E-state index contributed by atoms with van der Waals surface area (Å²) < 4.78 is 10.6. The van der Waals surface area contributed by atoms with Crippen molar-refractivity contribution < 1.29 is 14.3 Å². The molecule has 0 saturated heterocycles. The molecule has 1 rings (SSSR count). The minimum Gasteiger partial charge on any atom is -0.488 e. The van der Waals surface area contributed by atoms with Gasteiger partial charge in [0, 0.05) is 7.11 Å². The number of hydrogen-bond acceptors (Lipinski definition) is 3. The van der Waals surface area contributed by atoms with E-state index >= 15 is 0 Å². The van der Waals surface area contributed by atoms with Gasteiger partial charge in [-0.2, -0.15) is 0 Å². The van der Waals surface area contributed by atoms with Crippen LogP contribution in [0, 0.1) is 0 Å². The van der Waals surface area contributed by atoms with E-state index in [2.05, 4.69) is 5.32 Å². The van der Waals surface area contributed by atoms with Gasteiger partial charge in [0.2, 0.25) is 5.91 Å². The first-order valence-corrected chi connectivity index (χ1v) is 6.39. The molecule has 0 aliphatic rings. The van der Waals surface area contributed by atoms with Crippen LogP contribution in [0.2, 0.25) is 0 Å². The first-order valence-electron chi connectivity index (χ1n) is 6.39. The monoisotopic (exact) mass is 265 g/mol. The third kappa shape index (κ3) is 5.75. The number of benzene rings is 1. The van der Waals surface area contributed by atoms with Gasteiger partial charge in [0.05, 0.1) is 6.04 Å². The van der Waals surface area contributed by atoms with Crippen LogP contribution in [-0.2, 0) is 9.53 Å². The summed E-state index contributed by atoms with van der Waals surface area (Å²) in [7, 11) is 1.50. The Balaban J connectivity index is 2.73. The smallest absolute Gasteiger partial charge is 0.246 e. The normalized spacial score (nSPS) is 12.9. The second-order valence-corrected chi connectivity index (χ2v) is 5.51. The summed E-state index contributed by atoms with van der Waals surface area (Å²) in [6.45, 7) is 8.02. The molecule has 0 heterocycles. The molecule has 4 heteroatoms. The molecule has 0 unspecified atom stereocenters. The zero-order valence-electron chi connectivity index (χ0n) is 12.3. The molecule has 106 valence electrons. The van der Waals surface area contributed by atoms with Gasteiger partial charge in [-0.05, 0) is 45.4 Å². The standard InChI is InChI=1S/C15H23NO3/c1-11(16-14(17)10-18-5)12-7-6-8-13(9-12)19-15(2,3)4/h6-9,11H,10H2,1-5H3,(H,16,17)/t11-/m0/s1. The summed E-state index contributed by atoms with van der Waals surface area (Å²) in [5, 5.41) is 2.87. The summed E-state index contributed by atoms with van der Waals surface area (Å²) in [6.07, 6.45) is 0. The van der Waals surface area contributed by atoms with E-state index in [0.29, 0.717) is 0 Å². The molecule has 0 radical (unpaired) electrons. The number of carbonyl (C=O) groups is 1. The van der Waals surface area contributed by atoms with Crippen molar-refractivity contribution in [3.05, 3.63) is 29.8 Å². The SMILES string of the molecule is COCC(=O)N[C@@H](C)c1cccc(OC(C)(C)C)c1. The first-order chi connectivity index (χ1) is 8.81. The number of methoxy groups -OCH3 is 1. The van der Waals surface area contributed by atoms with Gasteiger partial charge in [-0.3, -0.25) is 4.79 Å². The number of rotatable bonds is 5. The summed E-state index contributed by atoms with van der Waals surface area (Å²) in [5.41, 5.74) is 0.771. The molecule has 1 amide bonds. The van der Waals surface area contributed by atoms with Crippen LogP contribution in [0.5, 0.6) is 5.75 Å². The molecule has 0 bridgehead atoms. The van der Waals surface area contributed by atoms with E-state index in [-0.39, 0.29) is 24.2 Å². The molecule has 0 aliphatic heterocycles. The molecule has 1 aromatic carbocycles. The van der Waals surface area contributed by atoms with Crippen LogP contribution in [0.3, 0.4) is 0 Å². The lowest BCUT2D eigenvalue weighted by molar-refractivity contribution is -0.125. The fourth-order valence-electron chi connectivity index (χ4n) is 1.70. The Morgan fingerprint density at radius 2 is 2.05 bits per heavy atom. The second kappa shape index (κ2) is 6.57. The molecule has 1 atom stereocenters. The zero-order valence-corrected chi connectivity index (χ0v) is 12.3. The van der Waals surface area contributed by atoms with Gasteiger partial charge in [0.15, 0.2) is 0 Å². The highest BCUT2D eigenvalue weighted by Crippen LogP contribution is 2.22. The Labute approximate surface area is 115 Å². The van der Waals surface area contributed by atoms with Crippen molar-refractivity contribution in [1.29, 1.82) is 0 Å². The number of nitrogens with one attached hydrogen (secondary N) is 1. The highest BCUT2D eigenvalue weighted by Gasteiger charge is 2.14. The fourth-order valence-corrected chi connectivity index (χ4v) is 1.70. The van der Waals surface area contributed by atoms with E-state index in [1.165, 1.54) is 7.11 Å². The minimum atomic E-state index is -0.235. The molecule has 1 aromatic rings. The molecule has 4 nitrogen and oxygen atoms in total. The predicted octanol–water partition coefficient (Wildman–Crippen LogP) is 2.69. The molecular formula is C15H23NO3.